The second kappa shape index (κ2) is 5.62. The number of anilines is 1. The van der Waals surface area contributed by atoms with E-state index in [1.54, 1.807) is 10.9 Å². The Morgan fingerprint density at radius 3 is 3.00 bits per heavy atom. The molecule has 0 radical (unpaired) electrons. The second-order valence-corrected chi connectivity index (χ2v) is 3.50. The molecule has 0 unspecified atom stereocenters. The molecule has 0 saturated carbocycles. The van der Waals surface area contributed by atoms with Crippen LogP contribution in [0.15, 0.2) is 10.7 Å². The Labute approximate surface area is 90.6 Å². The van der Waals surface area contributed by atoms with Crippen LogP contribution in [-0.4, -0.2) is 23.0 Å². The SMILES string of the molecule is N#CCCOCCn1cc(Br)c(N)n1. The van der Waals surface area contributed by atoms with Gasteiger partial charge in [0, 0.05) is 6.20 Å². The molecule has 0 saturated heterocycles. The molecular formula is C8H11BrN4O. The van der Waals surface area contributed by atoms with Crippen LogP contribution in [-0.2, 0) is 11.3 Å². The third kappa shape index (κ3) is 3.36. The highest BCUT2D eigenvalue weighted by molar-refractivity contribution is 9.10. The van der Waals surface area contributed by atoms with E-state index in [-0.39, 0.29) is 0 Å². The van der Waals surface area contributed by atoms with Crippen LogP contribution in [0.25, 0.3) is 0 Å². The molecule has 0 fully saturated rings. The molecule has 0 aliphatic heterocycles. The number of ether oxygens (including phenoxy) is 1. The summed E-state index contributed by atoms with van der Waals surface area (Å²) in [7, 11) is 0. The van der Waals surface area contributed by atoms with Crippen LogP contribution in [0.4, 0.5) is 5.82 Å². The smallest absolute Gasteiger partial charge is 0.159 e. The maximum Gasteiger partial charge on any atom is 0.159 e. The fourth-order valence-corrected chi connectivity index (χ4v) is 1.22. The summed E-state index contributed by atoms with van der Waals surface area (Å²) in [5.41, 5.74) is 5.53. The Balaban J connectivity index is 2.22. The molecule has 1 aromatic heterocycles. The standard InChI is InChI=1S/C8H11BrN4O/c9-7-6-13(12-8(7)11)3-5-14-4-1-2-10/h6H,1,3-5H2,(H2,11,12). The van der Waals surface area contributed by atoms with Crippen molar-refractivity contribution in [3.63, 3.8) is 0 Å². The normalized spacial score (nSPS) is 10.0. The average Bonchev–Trinajstić information content (AvgIpc) is 2.46. The summed E-state index contributed by atoms with van der Waals surface area (Å²) in [6.07, 6.45) is 2.22. The van der Waals surface area contributed by atoms with Gasteiger partial charge in [0.05, 0.1) is 36.7 Å². The number of hydrogen-bond acceptors (Lipinski definition) is 4. The molecule has 1 rings (SSSR count). The molecule has 76 valence electrons. The number of halogens is 1. The summed E-state index contributed by atoms with van der Waals surface area (Å²) in [5.74, 6) is 0.474. The van der Waals surface area contributed by atoms with Gasteiger partial charge in [-0.3, -0.25) is 4.68 Å². The molecule has 1 heterocycles. The third-order valence-corrected chi connectivity index (χ3v) is 2.18. The molecular weight excluding hydrogens is 248 g/mol. The number of hydrogen-bond donors (Lipinski definition) is 1. The number of rotatable bonds is 5. The lowest BCUT2D eigenvalue weighted by Crippen LogP contribution is -2.07. The van der Waals surface area contributed by atoms with Gasteiger partial charge in [-0.2, -0.15) is 10.4 Å². The lowest BCUT2D eigenvalue weighted by molar-refractivity contribution is 0.129. The van der Waals surface area contributed by atoms with Gasteiger partial charge in [0.25, 0.3) is 0 Å². The number of aromatic nitrogens is 2. The summed E-state index contributed by atoms with van der Waals surface area (Å²) in [5, 5.41) is 12.3. The fraction of sp³-hybridized carbons (Fsp3) is 0.500. The van der Waals surface area contributed by atoms with Gasteiger partial charge in [0.1, 0.15) is 0 Å². The zero-order valence-electron chi connectivity index (χ0n) is 7.61. The van der Waals surface area contributed by atoms with Crippen LogP contribution in [0, 0.1) is 11.3 Å². The number of nitrogens with zero attached hydrogens (tertiary/aromatic N) is 3. The molecule has 5 nitrogen and oxygen atoms in total. The summed E-state index contributed by atoms with van der Waals surface area (Å²) in [4.78, 5) is 0. The lowest BCUT2D eigenvalue weighted by atomic mass is 10.5. The quantitative estimate of drug-likeness (QED) is 0.805. The molecule has 2 N–H and O–H groups in total. The van der Waals surface area contributed by atoms with E-state index < -0.39 is 0 Å². The number of nitriles is 1. The van der Waals surface area contributed by atoms with E-state index in [1.807, 2.05) is 6.07 Å². The van der Waals surface area contributed by atoms with Crippen LogP contribution in [0.2, 0.25) is 0 Å². The zero-order valence-corrected chi connectivity index (χ0v) is 9.20. The molecule has 0 aliphatic rings. The first kappa shape index (κ1) is 11.0. The van der Waals surface area contributed by atoms with Gasteiger partial charge in [-0.05, 0) is 15.9 Å². The molecule has 6 heteroatoms. The first-order valence-corrected chi connectivity index (χ1v) is 4.96. The molecule has 0 aromatic carbocycles. The van der Waals surface area contributed by atoms with Crippen molar-refractivity contribution in [2.45, 2.75) is 13.0 Å². The van der Waals surface area contributed by atoms with Crippen molar-refractivity contribution in [2.75, 3.05) is 18.9 Å². The maximum atomic E-state index is 8.25. The van der Waals surface area contributed by atoms with E-state index in [0.717, 1.165) is 4.47 Å². The molecule has 14 heavy (non-hydrogen) atoms. The molecule has 0 spiro atoms. The van der Waals surface area contributed by atoms with E-state index in [1.165, 1.54) is 0 Å². The topological polar surface area (TPSA) is 76.9 Å². The predicted octanol–water partition coefficient (Wildman–Crippen LogP) is 1.16. The molecule has 0 atom stereocenters. The van der Waals surface area contributed by atoms with E-state index in [2.05, 4.69) is 21.0 Å². The van der Waals surface area contributed by atoms with Crippen LogP contribution in [0.3, 0.4) is 0 Å². The van der Waals surface area contributed by atoms with Gasteiger partial charge >= 0.3 is 0 Å². The number of nitrogens with two attached hydrogens (primary N) is 1. The van der Waals surface area contributed by atoms with E-state index in [4.69, 9.17) is 15.7 Å². The monoisotopic (exact) mass is 258 g/mol. The highest BCUT2D eigenvalue weighted by Crippen LogP contribution is 2.15. The summed E-state index contributed by atoms with van der Waals surface area (Å²) >= 11 is 3.26. The zero-order chi connectivity index (χ0) is 10.4. The van der Waals surface area contributed by atoms with Crippen molar-refractivity contribution in [3.8, 4) is 6.07 Å². The van der Waals surface area contributed by atoms with Crippen molar-refractivity contribution in [1.82, 2.24) is 9.78 Å². The second-order valence-electron chi connectivity index (χ2n) is 2.65. The first-order valence-electron chi connectivity index (χ1n) is 4.17. The first-order chi connectivity index (χ1) is 6.74. The molecule has 0 bridgehead atoms. The van der Waals surface area contributed by atoms with Gasteiger partial charge < -0.3 is 10.5 Å². The predicted molar refractivity (Wildman–Crippen MR) is 55.4 cm³/mol. The van der Waals surface area contributed by atoms with Crippen molar-refractivity contribution >= 4 is 21.7 Å². The third-order valence-electron chi connectivity index (χ3n) is 1.57. The van der Waals surface area contributed by atoms with E-state index >= 15 is 0 Å². The minimum atomic E-state index is 0.422. The average molecular weight is 259 g/mol. The van der Waals surface area contributed by atoms with Crippen molar-refractivity contribution in [3.05, 3.63) is 10.7 Å². The van der Waals surface area contributed by atoms with Gasteiger partial charge in [0.15, 0.2) is 5.82 Å². The summed E-state index contributed by atoms with van der Waals surface area (Å²) in [6, 6.07) is 2.00. The van der Waals surface area contributed by atoms with Crippen LogP contribution >= 0.6 is 15.9 Å². The van der Waals surface area contributed by atoms with E-state index in [0.29, 0.717) is 32.0 Å². The fourth-order valence-electron chi connectivity index (χ4n) is 0.904. The minimum Gasteiger partial charge on any atom is -0.381 e. The summed E-state index contributed by atoms with van der Waals surface area (Å²) in [6.45, 7) is 1.64. The molecule has 0 amide bonds. The van der Waals surface area contributed by atoms with Crippen molar-refractivity contribution < 1.29 is 4.74 Å². The van der Waals surface area contributed by atoms with Crippen LogP contribution in [0.1, 0.15) is 6.42 Å². The minimum absolute atomic E-state index is 0.422. The van der Waals surface area contributed by atoms with E-state index in [9.17, 15) is 0 Å². The highest BCUT2D eigenvalue weighted by atomic mass is 79.9. The van der Waals surface area contributed by atoms with Gasteiger partial charge in [-0.25, -0.2) is 0 Å². The van der Waals surface area contributed by atoms with Gasteiger partial charge in [-0.15, -0.1) is 0 Å². The Morgan fingerprint density at radius 2 is 2.43 bits per heavy atom. The number of nitrogen functional groups attached to an aromatic ring is 1. The molecule has 0 aliphatic carbocycles. The van der Waals surface area contributed by atoms with Crippen molar-refractivity contribution in [2.24, 2.45) is 0 Å². The van der Waals surface area contributed by atoms with Gasteiger partial charge in [-0.1, -0.05) is 0 Å². The van der Waals surface area contributed by atoms with Crippen LogP contribution in [0.5, 0.6) is 0 Å². The highest BCUT2D eigenvalue weighted by Gasteiger charge is 2.01. The molecule has 1 aromatic rings. The Morgan fingerprint density at radius 1 is 1.64 bits per heavy atom. The largest absolute Gasteiger partial charge is 0.381 e. The summed E-state index contributed by atoms with van der Waals surface area (Å²) < 4.78 is 7.67. The Bertz CT molecular complexity index is 311. The lowest BCUT2D eigenvalue weighted by Gasteiger charge is -2.01. The van der Waals surface area contributed by atoms with Gasteiger partial charge in [0.2, 0.25) is 0 Å². The maximum absolute atomic E-state index is 8.25. The Kier molecular flexibility index (Phi) is 4.43. The van der Waals surface area contributed by atoms with Crippen LogP contribution < -0.4 is 5.73 Å². The Hall–Kier alpha value is -1.06. The van der Waals surface area contributed by atoms with Crippen molar-refractivity contribution in [1.29, 1.82) is 5.26 Å².